The molecule has 1 aliphatic rings. The fourth-order valence-electron chi connectivity index (χ4n) is 2.59. The third-order valence-corrected chi connectivity index (χ3v) is 3.93. The van der Waals surface area contributed by atoms with Crippen LogP contribution < -0.4 is 0 Å². The van der Waals surface area contributed by atoms with Crippen molar-refractivity contribution in [1.29, 1.82) is 0 Å². The molecule has 1 heterocycles. The number of nitrogens with zero attached hydrogens (tertiary/aromatic N) is 2. The number of rotatable bonds is 3. The highest BCUT2D eigenvalue weighted by atomic mass is 19.4. The van der Waals surface area contributed by atoms with Crippen LogP contribution in [0.5, 0.6) is 0 Å². The number of benzene rings is 1. The molecule has 0 bridgehead atoms. The van der Waals surface area contributed by atoms with Crippen molar-refractivity contribution in [2.24, 2.45) is 15.9 Å². The molecule has 138 valence electrons. The lowest BCUT2D eigenvalue weighted by molar-refractivity contribution is -0.137. The van der Waals surface area contributed by atoms with Crippen molar-refractivity contribution in [2.45, 2.75) is 38.5 Å². The fraction of sp³-hybridized carbons (Fsp3) is 0.529. The summed E-state index contributed by atoms with van der Waals surface area (Å²) in [6, 6.07) is 1.49. The summed E-state index contributed by atoms with van der Waals surface area (Å²) in [4.78, 5) is 8.86. The average molecular weight is 360 g/mol. The molecule has 25 heavy (non-hydrogen) atoms. The Morgan fingerprint density at radius 2 is 1.72 bits per heavy atom. The Kier molecular flexibility index (Phi) is 5.69. The van der Waals surface area contributed by atoms with Crippen LogP contribution in [0.4, 0.5) is 17.6 Å². The van der Waals surface area contributed by atoms with Gasteiger partial charge in [-0.25, -0.2) is 14.4 Å². The van der Waals surface area contributed by atoms with Gasteiger partial charge in [-0.3, -0.25) is 0 Å². The molecule has 0 aromatic heterocycles. The number of halogens is 4. The summed E-state index contributed by atoms with van der Waals surface area (Å²) in [5.41, 5.74) is -0.927. The van der Waals surface area contributed by atoms with Crippen molar-refractivity contribution in [3.8, 4) is 0 Å². The van der Waals surface area contributed by atoms with Crippen molar-refractivity contribution in [3.63, 3.8) is 0 Å². The van der Waals surface area contributed by atoms with Gasteiger partial charge in [0.15, 0.2) is 0 Å². The summed E-state index contributed by atoms with van der Waals surface area (Å²) in [5, 5.41) is 0. The van der Waals surface area contributed by atoms with Crippen LogP contribution in [-0.2, 0) is 22.1 Å². The second-order valence-electron chi connectivity index (χ2n) is 6.06. The minimum atomic E-state index is -4.59. The van der Waals surface area contributed by atoms with Crippen molar-refractivity contribution in [2.75, 3.05) is 14.2 Å². The predicted molar refractivity (Wildman–Crippen MR) is 86.4 cm³/mol. The number of alkyl halides is 3. The quantitative estimate of drug-likeness (QED) is 0.768. The lowest BCUT2D eigenvalue weighted by Crippen LogP contribution is -2.38. The van der Waals surface area contributed by atoms with E-state index in [9.17, 15) is 17.6 Å². The van der Waals surface area contributed by atoms with Crippen LogP contribution in [0.1, 0.15) is 25.0 Å². The lowest BCUT2D eigenvalue weighted by Gasteiger charge is -2.27. The minimum absolute atomic E-state index is 0.0221. The lowest BCUT2D eigenvalue weighted by atomic mass is 9.99. The fourth-order valence-corrected chi connectivity index (χ4v) is 2.59. The van der Waals surface area contributed by atoms with E-state index in [-0.39, 0.29) is 23.9 Å². The Labute approximate surface area is 143 Å². The Morgan fingerprint density at radius 3 is 2.20 bits per heavy atom. The summed E-state index contributed by atoms with van der Waals surface area (Å²) in [7, 11) is 2.90. The normalized spacial score (nSPS) is 21.0. The third-order valence-electron chi connectivity index (χ3n) is 3.93. The van der Waals surface area contributed by atoms with E-state index in [4.69, 9.17) is 9.47 Å². The van der Waals surface area contributed by atoms with Crippen LogP contribution in [0.25, 0.3) is 0 Å². The first-order chi connectivity index (χ1) is 11.7. The molecule has 0 amide bonds. The molecule has 1 aromatic rings. The summed E-state index contributed by atoms with van der Waals surface area (Å²) < 4.78 is 62.5. The van der Waals surface area contributed by atoms with E-state index >= 15 is 0 Å². The summed E-state index contributed by atoms with van der Waals surface area (Å²) >= 11 is 0. The molecule has 1 aliphatic heterocycles. The standard InChI is InChI=1S/C17H20F4N2O2/c1-9(2)14-16(25-4)22-13(15(23-14)24-3)7-10-5-6-11(8-12(10)18)17(19,20)21/h5-6,8-9,13-14H,7H2,1-4H3/t13-,14+/m1/s1. The maximum atomic E-state index is 14.1. The number of aliphatic imine (C=N–C) groups is 2. The van der Waals surface area contributed by atoms with Crippen molar-refractivity contribution in [3.05, 3.63) is 35.1 Å². The van der Waals surface area contributed by atoms with Crippen molar-refractivity contribution < 1.29 is 27.0 Å². The summed E-state index contributed by atoms with van der Waals surface area (Å²) in [6.07, 6.45) is -4.57. The first kappa shape index (κ1) is 19.2. The second-order valence-corrected chi connectivity index (χ2v) is 6.06. The van der Waals surface area contributed by atoms with E-state index in [1.165, 1.54) is 14.2 Å². The molecule has 0 aliphatic carbocycles. The highest BCUT2D eigenvalue weighted by Gasteiger charge is 2.33. The molecule has 2 rings (SSSR count). The molecule has 2 atom stereocenters. The van der Waals surface area contributed by atoms with Crippen LogP contribution in [0.15, 0.2) is 28.2 Å². The molecule has 0 N–H and O–H groups in total. The minimum Gasteiger partial charge on any atom is -0.483 e. The largest absolute Gasteiger partial charge is 0.483 e. The van der Waals surface area contributed by atoms with Gasteiger partial charge in [-0.15, -0.1) is 0 Å². The van der Waals surface area contributed by atoms with Gasteiger partial charge in [0.1, 0.15) is 17.9 Å². The van der Waals surface area contributed by atoms with E-state index in [0.717, 1.165) is 12.1 Å². The molecule has 1 aromatic carbocycles. The van der Waals surface area contributed by atoms with Crippen LogP contribution in [0.3, 0.4) is 0 Å². The van der Waals surface area contributed by atoms with Crippen LogP contribution >= 0.6 is 0 Å². The maximum absolute atomic E-state index is 14.1. The molecular weight excluding hydrogens is 340 g/mol. The summed E-state index contributed by atoms with van der Waals surface area (Å²) in [5.74, 6) is -0.120. The Morgan fingerprint density at radius 1 is 1.08 bits per heavy atom. The predicted octanol–water partition coefficient (Wildman–Crippen LogP) is 3.88. The van der Waals surface area contributed by atoms with Gasteiger partial charge in [-0.1, -0.05) is 19.9 Å². The smallest absolute Gasteiger partial charge is 0.416 e. The summed E-state index contributed by atoms with van der Waals surface area (Å²) in [6.45, 7) is 3.90. The van der Waals surface area contributed by atoms with Gasteiger partial charge in [0, 0.05) is 6.42 Å². The topological polar surface area (TPSA) is 43.2 Å². The molecule has 0 saturated heterocycles. The number of ether oxygens (including phenoxy) is 2. The molecule has 4 nitrogen and oxygen atoms in total. The molecule has 8 heteroatoms. The first-order valence-electron chi connectivity index (χ1n) is 7.76. The monoisotopic (exact) mass is 360 g/mol. The van der Waals surface area contributed by atoms with E-state index in [2.05, 4.69) is 9.98 Å². The molecule has 0 unspecified atom stereocenters. The third kappa shape index (κ3) is 4.29. The van der Waals surface area contributed by atoms with Gasteiger partial charge in [-0.05, 0) is 23.6 Å². The van der Waals surface area contributed by atoms with E-state index in [1.54, 1.807) is 0 Å². The van der Waals surface area contributed by atoms with Crippen molar-refractivity contribution in [1.82, 2.24) is 0 Å². The zero-order valence-corrected chi connectivity index (χ0v) is 14.4. The van der Waals surface area contributed by atoms with E-state index in [0.29, 0.717) is 17.9 Å². The zero-order valence-electron chi connectivity index (χ0n) is 14.4. The highest BCUT2D eigenvalue weighted by Crippen LogP contribution is 2.31. The maximum Gasteiger partial charge on any atom is 0.416 e. The number of hydrogen-bond donors (Lipinski definition) is 0. The zero-order chi connectivity index (χ0) is 18.8. The van der Waals surface area contributed by atoms with Crippen LogP contribution in [0, 0.1) is 11.7 Å². The van der Waals surface area contributed by atoms with E-state index < -0.39 is 23.6 Å². The van der Waals surface area contributed by atoms with Gasteiger partial charge in [-0.2, -0.15) is 13.2 Å². The average Bonchev–Trinajstić information content (AvgIpc) is 2.54. The van der Waals surface area contributed by atoms with E-state index in [1.807, 2.05) is 13.8 Å². The van der Waals surface area contributed by atoms with Crippen molar-refractivity contribution >= 4 is 11.8 Å². The van der Waals surface area contributed by atoms with Crippen LogP contribution in [0.2, 0.25) is 0 Å². The van der Waals surface area contributed by atoms with Gasteiger partial charge in [0.2, 0.25) is 11.8 Å². The van der Waals surface area contributed by atoms with Gasteiger partial charge >= 0.3 is 6.18 Å². The van der Waals surface area contributed by atoms with Crippen LogP contribution in [-0.4, -0.2) is 38.1 Å². The second kappa shape index (κ2) is 7.41. The first-order valence-corrected chi connectivity index (χ1v) is 7.76. The van der Waals surface area contributed by atoms with Gasteiger partial charge in [0.05, 0.1) is 19.8 Å². The number of hydrogen-bond acceptors (Lipinski definition) is 4. The Bertz CT molecular complexity index is 684. The molecular formula is C17H20F4N2O2. The molecule has 0 saturated carbocycles. The van der Waals surface area contributed by atoms with Gasteiger partial charge in [0.25, 0.3) is 0 Å². The Hall–Kier alpha value is -2.12. The SMILES string of the molecule is COC1=N[C@H](Cc2ccc(C(F)(F)F)cc2F)C(OC)=N[C@H]1C(C)C. The molecule has 0 spiro atoms. The highest BCUT2D eigenvalue weighted by molar-refractivity contribution is 5.94. The number of methoxy groups -OCH3 is 2. The molecule has 0 radical (unpaired) electrons. The van der Waals surface area contributed by atoms with Gasteiger partial charge < -0.3 is 9.47 Å². The molecule has 0 fully saturated rings. The Balaban J connectivity index is 2.30.